The number of nitrogens with one attached hydrogen (secondary N) is 1. The van der Waals surface area contributed by atoms with Crippen molar-refractivity contribution in [2.45, 2.75) is 6.42 Å². The molecule has 0 fully saturated rings. The van der Waals surface area contributed by atoms with E-state index in [0.717, 1.165) is 6.07 Å². The molecular weight excluding hydrogens is 227 g/mol. The van der Waals surface area contributed by atoms with Crippen molar-refractivity contribution >= 4 is 5.91 Å². The topological polar surface area (TPSA) is 98.1 Å². The van der Waals surface area contributed by atoms with E-state index in [1.807, 2.05) is 0 Å². The van der Waals surface area contributed by atoms with Gasteiger partial charge in [0.2, 0.25) is 0 Å². The molecule has 90 valence electrons. The molecule has 0 aromatic heterocycles. The third-order valence-corrected chi connectivity index (χ3v) is 1.98. The first kappa shape index (κ1) is 12.8. The van der Waals surface area contributed by atoms with Crippen LogP contribution in [0.15, 0.2) is 23.3 Å². The molecular formula is C10H11FN4O2. The SMILES string of the molecule is [N-]=[N+]=NCCCNC(=O)c1ccc(O)cc1F. The third-order valence-electron chi connectivity index (χ3n) is 1.98. The van der Waals surface area contributed by atoms with Gasteiger partial charge in [0.25, 0.3) is 5.91 Å². The Morgan fingerprint density at radius 2 is 2.35 bits per heavy atom. The fourth-order valence-corrected chi connectivity index (χ4v) is 1.18. The number of halogens is 1. The summed E-state index contributed by atoms with van der Waals surface area (Å²) in [5.74, 6) is -1.58. The minimum atomic E-state index is -0.780. The molecule has 0 aliphatic heterocycles. The van der Waals surface area contributed by atoms with E-state index >= 15 is 0 Å². The first-order chi connectivity index (χ1) is 8.15. The van der Waals surface area contributed by atoms with Crippen LogP contribution in [0, 0.1) is 5.82 Å². The van der Waals surface area contributed by atoms with Gasteiger partial charge in [0, 0.05) is 24.1 Å². The fourth-order valence-electron chi connectivity index (χ4n) is 1.18. The maximum atomic E-state index is 13.2. The predicted molar refractivity (Wildman–Crippen MR) is 59.0 cm³/mol. The summed E-state index contributed by atoms with van der Waals surface area (Å²) in [6, 6.07) is 3.31. The number of hydrogen-bond acceptors (Lipinski definition) is 3. The minimum absolute atomic E-state index is 0.133. The van der Waals surface area contributed by atoms with Crippen molar-refractivity contribution in [3.63, 3.8) is 0 Å². The zero-order chi connectivity index (χ0) is 12.7. The van der Waals surface area contributed by atoms with Crippen molar-refractivity contribution in [1.29, 1.82) is 0 Å². The summed E-state index contributed by atoms with van der Waals surface area (Å²) < 4.78 is 13.2. The molecule has 7 heteroatoms. The van der Waals surface area contributed by atoms with Crippen LogP contribution >= 0.6 is 0 Å². The van der Waals surface area contributed by atoms with E-state index in [4.69, 9.17) is 10.6 Å². The highest BCUT2D eigenvalue weighted by molar-refractivity contribution is 5.94. The van der Waals surface area contributed by atoms with Gasteiger partial charge in [-0.25, -0.2) is 4.39 Å². The number of nitrogens with zero attached hydrogens (tertiary/aromatic N) is 3. The molecule has 0 heterocycles. The highest BCUT2D eigenvalue weighted by atomic mass is 19.1. The molecule has 0 unspecified atom stereocenters. The number of rotatable bonds is 5. The maximum absolute atomic E-state index is 13.2. The second-order valence-corrected chi connectivity index (χ2v) is 3.23. The molecule has 1 aromatic rings. The Labute approximate surface area is 96.7 Å². The van der Waals surface area contributed by atoms with Gasteiger partial charge in [-0.05, 0) is 24.1 Å². The van der Waals surface area contributed by atoms with E-state index < -0.39 is 11.7 Å². The summed E-state index contributed by atoms with van der Waals surface area (Å²) in [6.45, 7) is 0.563. The summed E-state index contributed by atoms with van der Waals surface area (Å²) in [7, 11) is 0. The molecule has 1 rings (SSSR count). The van der Waals surface area contributed by atoms with Crippen LogP contribution < -0.4 is 5.32 Å². The molecule has 17 heavy (non-hydrogen) atoms. The Bertz CT molecular complexity index is 458. The number of benzene rings is 1. The van der Waals surface area contributed by atoms with Crippen molar-refractivity contribution in [2.75, 3.05) is 13.1 Å². The van der Waals surface area contributed by atoms with Gasteiger partial charge in [0.05, 0.1) is 5.56 Å². The van der Waals surface area contributed by atoms with E-state index in [1.165, 1.54) is 12.1 Å². The van der Waals surface area contributed by atoms with Crippen molar-refractivity contribution in [1.82, 2.24) is 5.32 Å². The minimum Gasteiger partial charge on any atom is -0.508 e. The lowest BCUT2D eigenvalue weighted by Crippen LogP contribution is -2.25. The standard InChI is InChI=1S/C10H11FN4O2/c11-9-6-7(16)2-3-8(9)10(17)13-4-1-5-14-15-12/h2-3,6,16H,1,4-5H2,(H,13,17). The Kier molecular flexibility index (Phi) is 4.77. The van der Waals surface area contributed by atoms with E-state index in [2.05, 4.69) is 15.3 Å². The first-order valence-electron chi connectivity index (χ1n) is 4.92. The number of azide groups is 1. The van der Waals surface area contributed by atoms with Crippen LogP contribution in [-0.2, 0) is 0 Å². The van der Waals surface area contributed by atoms with E-state index in [-0.39, 0.29) is 24.4 Å². The van der Waals surface area contributed by atoms with Crippen LogP contribution in [0.5, 0.6) is 5.75 Å². The van der Waals surface area contributed by atoms with Crippen LogP contribution in [0.2, 0.25) is 0 Å². The number of aromatic hydroxyl groups is 1. The van der Waals surface area contributed by atoms with Crippen LogP contribution in [0.3, 0.4) is 0 Å². The predicted octanol–water partition coefficient (Wildman–Crippen LogP) is 1.96. The highest BCUT2D eigenvalue weighted by Crippen LogP contribution is 2.14. The smallest absolute Gasteiger partial charge is 0.254 e. The van der Waals surface area contributed by atoms with Crippen molar-refractivity contribution in [3.8, 4) is 5.75 Å². The number of amides is 1. The molecule has 0 saturated carbocycles. The Morgan fingerprint density at radius 1 is 1.59 bits per heavy atom. The Morgan fingerprint density at radius 3 is 3.00 bits per heavy atom. The van der Waals surface area contributed by atoms with Crippen LogP contribution in [0.1, 0.15) is 16.8 Å². The highest BCUT2D eigenvalue weighted by Gasteiger charge is 2.11. The molecule has 0 spiro atoms. The first-order valence-corrected chi connectivity index (χ1v) is 4.92. The second kappa shape index (κ2) is 6.34. The summed E-state index contributed by atoms with van der Waals surface area (Å²) in [5.41, 5.74) is 7.88. The summed E-state index contributed by atoms with van der Waals surface area (Å²) in [4.78, 5) is 14.0. The molecule has 1 aromatic carbocycles. The van der Waals surface area contributed by atoms with Gasteiger partial charge < -0.3 is 10.4 Å². The number of carbonyl (C=O) groups is 1. The fraction of sp³-hybridized carbons (Fsp3) is 0.300. The van der Waals surface area contributed by atoms with Gasteiger partial charge >= 0.3 is 0 Å². The van der Waals surface area contributed by atoms with Crippen LogP contribution in [0.25, 0.3) is 10.4 Å². The van der Waals surface area contributed by atoms with Crippen molar-refractivity contribution in [3.05, 3.63) is 40.0 Å². The summed E-state index contributed by atoms with van der Waals surface area (Å²) in [5, 5.41) is 14.7. The average Bonchev–Trinajstić information content (AvgIpc) is 2.28. The van der Waals surface area contributed by atoms with Crippen molar-refractivity contribution in [2.24, 2.45) is 5.11 Å². The number of carbonyl (C=O) groups excluding carboxylic acids is 1. The van der Waals surface area contributed by atoms with E-state index in [9.17, 15) is 9.18 Å². The second-order valence-electron chi connectivity index (χ2n) is 3.23. The molecule has 0 aliphatic carbocycles. The van der Waals surface area contributed by atoms with Gasteiger partial charge in [0.15, 0.2) is 0 Å². The lowest BCUT2D eigenvalue weighted by atomic mass is 10.2. The molecule has 0 radical (unpaired) electrons. The summed E-state index contributed by atoms with van der Waals surface area (Å²) in [6.07, 6.45) is 0.482. The number of phenolic OH excluding ortho intramolecular Hbond substituents is 1. The molecule has 2 N–H and O–H groups in total. The van der Waals surface area contributed by atoms with Crippen LogP contribution in [-0.4, -0.2) is 24.1 Å². The van der Waals surface area contributed by atoms with E-state index in [1.54, 1.807) is 0 Å². The van der Waals surface area contributed by atoms with Gasteiger partial charge in [-0.2, -0.15) is 0 Å². The van der Waals surface area contributed by atoms with Gasteiger partial charge in [0.1, 0.15) is 11.6 Å². The normalized spacial score (nSPS) is 9.47. The van der Waals surface area contributed by atoms with Crippen LogP contribution in [0.4, 0.5) is 4.39 Å². The third kappa shape index (κ3) is 4.00. The van der Waals surface area contributed by atoms with Crippen molar-refractivity contribution < 1.29 is 14.3 Å². The van der Waals surface area contributed by atoms with Gasteiger partial charge in [-0.3, -0.25) is 4.79 Å². The quantitative estimate of drug-likeness (QED) is 0.354. The Balaban J connectivity index is 2.49. The molecule has 0 bridgehead atoms. The Hall–Kier alpha value is -2.27. The number of hydrogen-bond donors (Lipinski definition) is 2. The molecule has 0 atom stereocenters. The lowest BCUT2D eigenvalue weighted by molar-refractivity contribution is 0.0949. The monoisotopic (exact) mass is 238 g/mol. The van der Waals surface area contributed by atoms with Gasteiger partial charge in [-0.1, -0.05) is 5.11 Å². The average molecular weight is 238 g/mol. The molecule has 0 aliphatic rings. The van der Waals surface area contributed by atoms with Gasteiger partial charge in [-0.15, -0.1) is 0 Å². The maximum Gasteiger partial charge on any atom is 0.254 e. The zero-order valence-electron chi connectivity index (χ0n) is 8.93. The molecule has 6 nitrogen and oxygen atoms in total. The zero-order valence-corrected chi connectivity index (χ0v) is 8.93. The van der Waals surface area contributed by atoms with E-state index in [0.29, 0.717) is 6.42 Å². The lowest BCUT2D eigenvalue weighted by Gasteiger charge is -2.05. The largest absolute Gasteiger partial charge is 0.508 e. The number of phenols is 1. The molecule has 0 saturated heterocycles. The summed E-state index contributed by atoms with van der Waals surface area (Å²) >= 11 is 0. The molecule has 1 amide bonds.